The van der Waals surface area contributed by atoms with E-state index in [1.807, 2.05) is 42.5 Å². The molecule has 0 aliphatic heterocycles. The van der Waals surface area contributed by atoms with Crippen molar-refractivity contribution in [3.8, 4) is 28.6 Å². The van der Waals surface area contributed by atoms with E-state index in [0.29, 0.717) is 11.4 Å². The lowest BCUT2D eigenvalue weighted by Gasteiger charge is -2.07. The number of rotatable bonds is 1. The highest BCUT2D eigenvalue weighted by molar-refractivity contribution is 5.91. The van der Waals surface area contributed by atoms with Crippen molar-refractivity contribution in [1.82, 2.24) is 9.97 Å². The standard InChI is InChI=1S/C18H12N2O4/c21-13-8-12-14(16(23)15(13)22)18(24)20-17(19-12)11-6-5-9-3-1-2-4-10(9)7-11/h1-8,21-23H,(H,19,20,24). The van der Waals surface area contributed by atoms with Gasteiger partial charge in [0.15, 0.2) is 11.5 Å². The summed E-state index contributed by atoms with van der Waals surface area (Å²) in [6.07, 6.45) is 0. The lowest BCUT2D eigenvalue weighted by Crippen LogP contribution is -2.09. The molecule has 0 aliphatic rings. The van der Waals surface area contributed by atoms with Crippen molar-refractivity contribution in [2.24, 2.45) is 0 Å². The quantitative estimate of drug-likeness (QED) is 0.403. The molecule has 6 heteroatoms. The molecule has 0 spiro atoms. The maximum Gasteiger partial charge on any atom is 0.262 e. The minimum Gasteiger partial charge on any atom is -0.504 e. The first kappa shape index (κ1) is 14.1. The Hall–Kier alpha value is -3.54. The Morgan fingerprint density at radius 2 is 1.62 bits per heavy atom. The zero-order valence-electron chi connectivity index (χ0n) is 12.3. The van der Waals surface area contributed by atoms with Crippen molar-refractivity contribution in [3.63, 3.8) is 0 Å². The normalized spacial score (nSPS) is 11.2. The molecule has 0 unspecified atom stereocenters. The molecule has 1 heterocycles. The topological polar surface area (TPSA) is 106 Å². The van der Waals surface area contributed by atoms with Gasteiger partial charge in [-0.1, -0.05) is 36.4 Å². The molecule has 6 nitrogen and oxygen atoms in total. The molecule has 3 aromatic carbocycles. The maximum absolute atomic E-state index is 12.3. The first-order valence-electron chi connectivity index (χ1n) is 7.21. The Bertz CT molecular complexity index is 1160. The van der Waals surface area contributed by atoms with E-state index >= 15 is 0 Å². The van der Waals surface area contributed by atoms with Crippen LogP contribution in [0, 0.1) is 0 Å². The molecule has 0 saturated carbocycles. The van der Waals surface area contributed by atoms with E-state index in [1.54, 1.807) is 0 Å². The van der Waals surface area contributed by atoms with E-state index in [9.17, 15) is 20.1 Å². The maximum atomic E-state index is 12.3. The third kappa shape index (κ3) is 2.04. The second-order valence-electron chi connectivity index (χ2n) is 5.46. The van der Waals surface area contributed by atoms with E-state index in [4.69, 9.17) is 0 Å². The summed E-state index contributed by atoms with van der Waals surface area (Å²) in [6, 6.07) is 14.6. The number of fused-ring (bicyclic) bond motifs is 2. The summed E-state index contributed by atoms with van der Waals surface area (Å²) >= 11 is 0. The van der Waals surface area contributed by atoms with E-state index in [-0.39, 0.29) is 10.9 Å². The molecule has 4 N–H and O–H groups in total. The summed E-state index contributed by atoms with van der Waals surface area (Å²) in [7, 11) is 0. The largest absolute Gasteiger partial charge is 0.504 e. The second-order valence-corrected chi connectivity index (χ2v) is 5.46. The highest BCUT2D eigenvalue weighted by Gasteiger charge is 2.16. The van der Waals surface area contributed by atoms with Crippen molar-refractivity contribution in [1.29, 1.82) is 0 Å². The third-order valence-electron chi connectivity index (χ3n) is 3.95. The van der Waals surface area contributed by atoms with Crippen LogP contribution >= 0.6 is 0 Å². The lowest BCUT2D eigenvalue weighted by molar-refractivity contribution is 0.371. The summed E-state index contributed by atoms with van der Waals surface area (Å²) in [4.78, 5) is 19.2. The van der Waals surface area contributed by atoms with Crippen molar-refractivity contribution >= 4 is 21.7 Å². The molecule has 0 bridgehead atoms. The van der Waals surface area contributed by atoms with Crippen LogP contribution in [0.4, 0.5) is 0 Å². The van der Waals surface area contributed by atoms with Crippen molar-refractivity contribution in [2.45, 2.75) is 0 Å². The fourth-order valence-electron chi connectivity index (χ4n) is 2.73. The fraction of sp³-hybridized carbons (Fsp3) is 0. The van der Waals surface area contributed by atoms with Gasteiger partial charge < -0.3 is 20.3 Å². The minimum atomic E-state index is -0.742. The summed E-state index contributed by atoms with van der Waals surface area (Å²) in [6.45, 7) is 0. The number of benzene rings is 3. The molecule has 0 aliphatic carbocycles. The van der Waals surface area contributed by atoms with Crippen LogP contribution in [0.25, 0.3) is 33.1 Å². The van der Waals surface area contributed by atoms with Crippen LogP contribution in [0.5, 0.6) is 17.2 Å². The van der Waals surface area contributed by atoms with Crippen LogP contribution in [-0.4, -0.2) is 25.3 Å². The number of nitrogens with one attached hydrogen (secondary N) is 1. The average molecular weight is 320 g/mol. The molecule has 0 saturated heterocycles. The van der Waals surface area contributed by atoms with Crippen LogP contribution in [0.1, 0.15) is 0 Å². The van der Waals surface area contributed by atoms with Gasteiger partial charge in [-0.25, -0.2) is 4.98 Å². The number of aromatic nitrogens is 2. The highest BCUT2D eigenvalue weighted by atomic mass is 16.3. The average Bonchev–Trinajstić information content (AvgIpc) is 2.58. The predicted molar refractivity (Wildman–Crippen MR) is 90.3 cm³/mol. The van der Waals surface area contributed by atoms with Gasteiger partial charge >= 0.3 is 0 Å². The smallest absolute Gasteiger partial charge is 0.262 e. The molecule has 0 amide bonds. The second kappa shape index (κ2) is 4.99. The zero-order valence-corrected chi connectivity index (χ0v) is 12.3. The third-order valence-corrected chi connectivity index (χ3v) is 3.95. The molecular formula is C18H12N2O4. The number of aromatic hydroxyl groups is 3. The van der Waals surface area contributed by atoms with Gasteiger partial charge in [-0.3, -0.25) is 4.79 Å². The van der Waals surface area contributed by atoms with Gasteiger partial charge in [-0.2, -0.15) is 0 Å². The van der Waals surface area contributed by atoms with Gasteiger partial charge in [-0.05, 0) is 16.8 Å². The van der Waals surface area contributed by atoms with Crippen LogP contribution in [0.3, 0.4) is 0 Å². The zero-order chi connectivity index (χ0) is 16.8. The first-order valence-corrected chi connectivity index (χ1v) is 7.21. The fourth-order valence-corrected chi connectivity index (χ4v) is 2.73. The Morgan fingerprint density at radius 3 is 2.42 bits per heavy atom. The highest BCUT2D eigenvalue weighted by Crippen LogP contribution is 2.39. The number of phenolic OH excluding ortho intramolecular Hbond substituents is 3. The van der Waals surface area contributed by atoms with Gasteiger partial charge in [0.25, 0.3) is 5.56 Å². The van der Waals surface area contributed by atoms with E-state index in [0.717, 1.165) is 16.8 Å². The Morgan fingerprint density at radius 1 is 0.875 bits per heavy atom. The number of hydrogen-bond donors (Lipinski definition) is 4. The summed E-state index contributed by atoms with van der Waals surface area (Å²) in [5, 5.41) is 30.9. The summed E-state index contributed by atoms with van der Waals surface area (Å²) in [5.41, 5.74) is 0.186. The van der Waals surface area contributed by atoms with Crippen LogP contribution in [-0.2, 0) is 0 Å². The van der Waals surface area contributed by atoms with Gasteiger partial charge in [0.05, 0.1) is 5.52 Å². The lowest BCUT2D eigenvalue weighted by atomic mass is 10.1. The van der Waals surface area contributed by atoms with Gasteiger partial charge in [0, 0.05) is 11.6 Å². The monoisotopic (exact) mass is 320 g/mol. The Balaban J connectivity index is 1.99. The van der Waals surface area contributed by atoms with Crippen molar-refractivity contribution in [2.75, 3.05) is 0 Å². The molecular weight excluding hydrogens is 308 g/mol. The number of aromatic amines is 1. The van der Waals surface area contributed by atoms with Gasteiger partial charge in [-0.15, -0.1) is 0 Å². The minimum absolute atomic E-state index is 0.0923. The molecule has 4 rings (SSSR count). The summed E-state index contributed by atoms with van der Waals surface area (Å²) < 4.78 is 0. The van der Waals surface area contributed by atoms with Crippen molar-refractivity contribution in [3.05, 3.63) is 58.9 Å². The predicted octanol–water partition coefficient (Wildman–Crippen LogP) is 2.86. The number of hydrogen-bond acceptors (Lipinski definition) is 5. The molecule has 0 fully saturated rings. The van der Waals surface area contributed by atoms with Crippen LogP contribution in [0.15, 0.2) is 53.3 Å². The van der Waals surface area contributed by atoms with E-state index in [1.165, 1.54) is 0 Å². The Labute approximate surface area is 135 Å². The first-order chi connectivity index (χ1) is 11.5. The molecule has 0 radical (unpaired) electrons. The van der Waals surface area contributed by atoms with E-state index in [2.05, 4.69) is 9.97 Å². The van der Waals surface area contributed by atoms with Gasteiger partial charge in [0.1, 0.15) is 11.2 Å². The molecule has 4 aromatic rings. The number of phenols is 3. The Kier molecular flexibility index (Phi) is 2.93. The molecule has 0 atom stereocenters. The molecule has 118 valence electrons. The van der Waals surface area contributed by atoms with Crippen LogP contribution in [0.2, 0.25) is 0 Å². The number of H-pyrrole nitrogens is 1. The molecule has 1 aromatic heterocycles. The van der Waals surface area contributed by atoms with Crippen molar-refractivity contribution < 1.29 is 15.3 Å². The number of nitrogens with zero attached hydrogens (tertiary/aromatic N) is 1. The summed E-state index contributed by atoms with van der Waals surface area (Å²) in [5.74, 6) is -1.66. The van der Waals surface area contributed by atoms with Crippen LogP contribution < -0.4 is 5.56 Å². The van der Waals surface area contributed by atoms with Gasteiger partial charge in [0.2, 0.25) is 5.75 Å². The molecule has 24 heavy (non-hydrogen) atoms. The SMILES string of the molecule is O=c1[nH]c(-c2ccc3ccccc3c2)nc2cc(O)c(O)c(O)c12. The van der Waals surface area contributed by atoms with E-state index < -0.39 is 22.8 Å².